The van der Waals surface area contributed by atoms with Crippen molar-refractivity contribution in [2.75, 3.05) is 12.8 Å². The molecule has 0 aliphatic carbocycles. The molecule has 4 nitrogen and oxygen atoms in total. The molecule has 3 N–H and O–H groups in total. The first-order chi connectivity index (χ1) is 5.63. The van der Waals surface area contributed by atoms with Gasteiger partial charge in [0.25, 0.3) is 5.91 Å². The van der Waals surface area contributed by atoms with E-state index in [-0.39, 0.29) is 5.91 Å². The summed E-state index contributed by atoms with van der Waals surface area (Å²) in [5.41, 5.74) is 6.75. The second-order valence-electron chi connectivity index (χ2n) is 2.53. The number of nitrogens with zero attached hydrogens (tertiary/aromatic N) is 1. The van der Waals surface area contributed by atoms with Crippen molar-refractivity contribution in [3.05, 3.63) is 23.4 Å². The fourth-order valence-corrected chi connectivity index (χ4v) is 0.939. The number of pyridine rings is 1. The van der Waals surface area contributed by atoms with Gasteiger partial charge in [0.05, 0.1) is 0 Å². The summed E-state index contributed by atoms with van der Waals surface area (Å²) in [7, 11) is 1.56. The molecular formula is C8H11N3O. The first-order valence-corrected chi connectivity index (χ1v) is 3.59. The zero-order valence-corrected chi connectivity index (χ0v) is 7.09. The monoisotopic (exact) mass is 165 g/mol. The molecule has 1 heterocycles. The topological polar surface area (TPSA) is 68.0 Å². The maximum Gasteiger partial charge on any atom is 0.269 e. The van der Waals surface area contributed by atoms with Crippen LogP contribution < -0.4 is 11.1 Å². The van der Waals surface area contributed by atoms with Crippen LogP contribution in [0, 0.1) is 6.92 Å². The molecule has 0 unspecified atom stereocenters. The van der Waals surface area contributed by atoms with Crippen LogP contribution in [0.2, 0.25) is 0 Å². The highest BCUT2D eigenvalue weighted by molar-refractivity contribution is 5.92. The lowest BCUT2D eigenvalue weighted by molar-refractivity contribution is 0.0958. The van der Waals surface area contributed by atoms with E-state index in [1.54, 1.807) is 19.2 Å². The summed E-state index contributed by atoms with van der Waals surface area (Å²) < 4.78 is 0. The molecule has 0 saturated heterocycles. The summed E-state index contributed by atoms with van der Waals surface area (Å²) in [6.45, 7) is 1.87. The first kappa shape index (κ1) is 8.52. The normalized spacial score (nSPS) is 9.50. The van der Waals surface area contributed by atoms with E-state index >= 15 is 0 Å². The third kappa shape index (κ3) is 1.72. The van der Waals surface area contributed by atoms with Gasteiger partial charge in [-0.3, -0.25) is 4.79 Å². The van der Waals surface area contributed by atoms with Crippen molar-refractivity contribution >= 4 is 11.7 Å². The molecular weight excluding hydrogens is 154 g/mol. The maximum absolute atomic E-state index is 11.1. The molecule has 1 rings (SSSR count). The van der Waals surface area contributed by atoms with Crippen molar-refractivity contribution in [1.82, 2.24) is 10.3 Å². The SMILES string of the molecule is CNC(=O)c1cc(C)cc(N)n1. The van der Waals surface area contributed by atoms with E-state index in [0.717, 1.165) is 5.56 Å². The number of anilines is 1. The van der Waals surface area contributed by atoms with Crippen LogP contribution in [0.3, 0.4) is 0 Å². The molecule has 0 atom stereocenters. The van der Waals surface area contributed by atoms with Crippen LogP contribution in [0.4, 0.5) is 5.82 Å². The van der Waals surface area contributed by atoms with Crippen molar-refractivity contribution < 1.29 is 4.79 Å². The molecule has 4 heteroatoms. The maximum atomic E-state index is 11.1. The number of hydrogen-bond donors (Lipinski definition) is 2. The fourth-order valence-electron chi connectivity index (χ4n) is 0.939. The van der Waals surface area contributed by atoms with E-state index < -0.39 is 0 Å². The van der Waals surface area contributed by atoms with Gasteiger partial charge in [0, 0.05) is 7.05 Å². The number of amides is 1. The smallest absolute Gasteiger partial charge is 0.269 e. The van der Waals surface area contributed by atoms with Gasteiger partial charge in [-0.1, -0.05) is 0 Å². The molecule has 0 bridgehead atoms. The Morgan fingerprint density at radius 3 is 2.75 bits per heavy atom. The van der Waals surface area contributed by atoms with E-state index in [4.69, 9.17) is 5.73 Å². The molecule has 1 aromatic rings. The molecule has 64 valence electrons. The lowest BCUT2D eigenvalue weighted by atomic mass is 10.2. The summed E-state index contributed by atoms with van der Waals surface area (Å²) in [5, 5.41) is 2.48. The number of carbonyl (C=O) groups is 1. The largest absolute Gasteiger partial charge is 0.384 e. The van der Waals surface area contributed by atoms with Crippen LogP contribution in [-0.2, 0) is 0 Å². The number of rotatable bonds is 1. The van der Waals surface area contributed by atoms with Crippen molar-refractivity contribution in [1.29, 1.82) is 0 Å². The van der Waals surface area contributed by atoms with Crippen molar-refractivity contribution in [2.24, 2.45) is 0 Å². The van der Waals surface area contributed by atoms with Crippen LogP contribution >= 0.6 is 0 Å². The zero-order chi connectivity index (χ0) is 9.14. The lowest BCUT2D eigenvalue weighted by Crippen LogP contribution is -2.19. The van der Waals surface area contributed by atoms with Gasteiger partial charge in [0.15, 0.2) is 0 Å². The number of aromatic nitrogens is 1. The van der Waals surface area contributed by atoms with Gasteiger partial charge in [0.1, 0.15) is 11.5 Å². The number of aryl methyl sites for hydroxylation is 1. The van der Waals surface area contributed by atoms with Gasteiger partial charge >= 0.3 is 0 Å². The standard InChI is InChI=1S/C8H11N3O/c1-5-3-6(8(12)10-2)11-7(9)4-5/h3-4H,1-2H3,(H2,9,11)(H,10,12). The lowest BCUT2D eigenvalue weighted by Gasteiger charge is -2.01. The number of hydrogen-bond acceptors (Lipinski definition) is 3. The molecule has 0 aliphatic heterocycles. The van der Waals surface area contributed by atoms with Crippen molar-refractivity contribution in [3.63, 3.8) is 0 Å². The van der Waals surface area contributed by atoms with Gasteiger partial charge < -0.3 is 11.1 Å². The third-order valence-electron chi connectivity index (χ3n) is 1.45. The molecule has 0 aromatic carbocycles. The molecule has 0 radical (unpaired) electrons. The van der Waals surface area contributed by atoms with Crippen LogP contribution in [-0.4, -0.2) is 17.9 Å². The quantitative estimate of drug-likeness (QED) is 0.630. The zero-order valence-electron chi connectivity index (χ0n) is 7.09. The minimum Gasteiger partial charge on any atom is -0.384 e. The molecule has 0 spiro atoms. The summed E-state index contributed by atoms with van der Waals surface area (Å²) in [6, 6.07) is 3.40. The van der Waals surface area contributed by atoms with Crippen LogP contribution in [0.1, 0.15) is 16.1 Å². The van der Waals surface area contributed by atoms with E-state index in [1.165, 1.54) is 0 Å². The van der Waals surface area contributed by atoms with Crippen LogP contribution in [0.5, 0.6) is 0 Å². The van der Waals surface area contributed by atoms with Gasteiger partial charge in [0.2, 0.25) is 0 Å². The number of nitrogens with two attached hydrogens (primary N) is 1. The molecule has 1 amide bonds. The summed E-state index contributed by atoms with van der Waals surface area (Å²) >= 11 is 0. The van der Waals surface area contributed by atoms with E-state index in [2.05, 4.69) is 10.3 Å². The Morgan fingerprint density at radius 2 is 2.25 bits per heavy atom. The number of nitrogen functional groups attached to an aromatic ring is 1. The highest BCUT2D eigenvalue weighted by Gasteiger charge is 2.05. The Kier molecular flexibility index (Phi) is 2.28. The van der Waals surface area contributed by atoms with Gasteiger partial charge in [-0.25, -0.2) is 4.98 Å². The molecule has 0 aliphatic rings. The highest BCUT2D eigenvalue weighted by atomic mass is 16.1. The Labute approximate surface area is 70.8 Å². The fraction of sp³-hybridized carbons (Fsp3) is 0.250. The minimum atomic E-state index is -0.217. The van der Waals surface area contributed by atoms with Crippen LogP contribution in [0.15, 0.2) is 12.1 Å². The van der Waals surface area contributed by atoms with Crippen molar-refractivity contribution in [2.45, 2.75) is 6.92 Å². The average molecular weight is 165 g/mol. The number of carbonyl (C=O) groups excluding carboxylic acids is 1. The minimum absolute atomic E-state index is 0.217. The predicted octanol–water partition coefficient (Wildman–Crippen LogP) is 0.332. The summed E-state index contributed by atoms with van der Waals surface area (Å²) in [4.78, 5) is 15.0. The van der Waals surface area contributed by atoms with Crippen molar-refractivity contribution in [3.8, 4) is 0 Å². The third-order valence-corrected chi connectivity index (χ3v) is 1.45. The second kappa shape index (κ2) is 3.21. The summed E-state index contributed by atoms with van der Waals surface area (Å²) in [5.74, 6) is 0.152. The van der Waals surface area contributed by atoms with E-state index in [9.17, 15) is 4.79 Å². The van der Waals surface area contributed by atoms with Gasteiger partial charge in [-0.15, -0.1) is 0 Å². The van der Waals surface area contributed by atoms with Crippen LogP contribution in [0.25, 0.3) is 0 Å². The van der Waals surface area contributed by atoms with Gasteiger partial charge in [-0.2, -0.15) is 0 Å². The number of nitrogens with one attached hydrogen (secondary N) is 1. The Hall–Kier alpha value is -1.58. The highest BCUT2D eigenvalue weighted by Crippen LogP contribution is 2.05. The summed E-state index contributed by atoms with van der Waals surface area (Å²) in [6.07, 6.45) is 0. The van der Waals surface area contributed by atoms with E-state index in [1.807, 2.05) is 6.92 Å². The molecule has 1 aromatic heterocycles. The first-order valence-electron chi connectivity index (χ1n) is 3.59. The van der Waals surface area contributed by atoms with E-state index in [0.29, 0.717) is 11.5 Å². The molecule has 0 saturated carbocycles. The molecule has 0 fully saturated rings. The second-order valence-corrected chi connectivity index (χ2v) is 2.53. The van der Waals surface area contributed by atoms with Gasteiger partial charge in [-0.05, 0) is 24.6 Å². The Bertz CT molecular complexity index is 289. The average Bonchev–Trinajstić information content (AvgIpc) is 2.01. The predicted molar refractivity (Wildman–Crippen MR) is 46.8 cm³/mol. The Balaban J connectivity index is 3.08. The Morgan fingerprint density at radius 1 is 1.58 bits per heavy atom. The molecule has 12 heavy (non-hydrogen) atoms.